The Kier molecular flexibility index (Phi) is 15.5. The number of amides is 2. The Labute approximate surface area is 208 Å². The van der Waals surface area contributed by atoms with Crippen LogP contribution in [0.3, 0.4) is 0 Å². The summed E-state index contributed by atoms with van der Waals surface area (Å²) in [5.74, 6) is -31.6. The Morgan fingerprint density at radius 1 is 0.472 bits per heavy atom. The van der Waals surface area contributed by atoms with Gasteiger partial charge in [-0.3, -0.25) is 9.59 Å². The van der Waals surface area contributed by atoms with Gasteiger partial charge in [0, 0.05) is 13.1 Å². The first-order valence-electron chi connectivity index (χ1n) is 12.8. The largest absolute Gasteiger partial charge is 0.392 e. The summed E-state index contributed by atoms with van der Waals surface area (Å²) in [5, 5.41) is 2.81. The van der Waals surface area contributed by atoms with Gasteiger partial charge in [0.05, 0.1) is 0 Å². The van der Waals surface area contributed by atoms with Gasteiger partial charge in [-0.2, -0.15) is 35.1 Å². The third-order valence-corrected chi connectivity index (χ3v) is 5.89. The molecule has 4 nitrogen and oxygen atoms in total. The number of carbonyl (C=O) groups excluding carboxylic acids is 2. The minimum absolute atomic E-state index is 0.118. The predicted molar refractivity (Wildman–Crippen MR) is 122 cm³/mol. The molecule has 0 rings (SSSR count). The zero-order valence-electron chi connectivity index (χ0n) is 21.2. The summed E-state index contributed by atoms with van der Waals surface area (Å²) in [6, 6.07) is 0. The summed E-state index contributed by atoms with van der Waals surface area (Å²) < 4.78 is 112. The fourth-order valence-corrected chi connectivity index (χ4v) is 3.47. The van der Waals surface area contributed by atoms with E-state index in [-0.39, 0.29) is 12.8 Å². The van der Waals surface area contributed by atoms with Gasteiger partial charge in [0.25, 0.3) is 11.8 Å². The van der Waals surface area contributed by atoms with Crippen LogP contribution in [-0.4, -0.2) is 48.6 Å². The quantitative estimate of drug-likeness (QED) is 0.119. The minimum atomic E-state index is -6.83. The highest BCUT2D eigenvalue weighted by atomic mass is 19.4. The van der Waals surface area contributed by atoms with Crippen molar-refractivity contribution < 1.29 is 44.7 Å². The summed E-state index contributed by atoms with van der Waals surface area (Å²) in [7, 11) is 0. The van der Waals surface area contributed by atoms with Gasteiger partial charge in [0.1, 0.15) is 0 Å². The van der Waals surface area contributed by atoms with E-state index in [9.17, 15) is 44.7 Å². The van der Waals surface area contributed by atoms with E-state index in [1.807, 2.05) is 13.8 Å². The predicted octanol–water partition coefficient (Wildman–Crippen LogP) is 7.26. The molecule has 0 spiro atoms. The standard InChI is InChI=1S/C24H40F8N2O2/c1-3-5-7-9-11-13-15-17-33-19(35)21(25,26)23(29,30)24(31,32)22(27,28)20(36)34-18-16-14-12-10-8-6-4-2/h3-18H2,1-2H3,(H,33,35)(H,34,36). The molecule has 0 heterocycles. The Morgan fingerprint density at radius 3 is 1.00 bits per heavy atom. The molecule has 0 saturated heterocycles. The summed E-state index contributed by atoms with van der Waals surface area (Å²) in [5.41, 5.74) is 0. The lowest BCUT2D eigenvalue weighted by Gasteiger charge is -2.35. The molecule has 0 aliphatic rings. The minimum Gasteiger partial charge on any atom is -0.351 e. The third-order valence-electron chi connectivity index (χ3n) is 5.89. The number of halogens is 8. The average molecular weight is 541 g/mol. The highest BCUT2D eigenvalue weighted by molar-refractivity contribution is 5.87. The molecule has 36 heavy (non-hydrogen) atoms. The first-order chi connectivity index (χ1) is 16.7. The van der Waals surface area contributed by atoms with Gasteiger partial charge in [0.15, 0.2) is 0 Å². The van der Waals surface area contributed by atoms with E-state index in [1.54, 1.807) is 0 Å². The second-order valence-electron chi connectivity index (χ2n) is 9.05. The normalized spacial score (nSPS) is 13.1. The van der Waals surface area contributed by atoms with Crippen LogP contribution in [0.25, 0.3) is 0 Å². The topological polar surface area (TPSA) is 58.2 Å². The van der Waals surface area contributed by atoms with E-state index in [0.29, 0.717) is 25.7 Å². The molecule has 2 N–H and O–H groups in total. The van der Waals surface area contributed by atoms with Crippen molar-refractivity contribution in [3.63, 3.8) is 0 Å². The molecule has 0 aromatic rings. The Bertz CT molecular complexity index is 592. The zero-order valence-corrected chi connectivity index (χ0v) is 21.2. The highest BCUT2D eigenvalue weighted by Crippen LogP contribution is 2.52. The van der Waals surface area contributed by atoms with Crippen LogP contribution < -0.4 is 10.6 Å². The second kappa shape index (κ2) is 16.3. The van der Waals surface area contributed by atoms with Crippen LogP contribution in [0.15, 0.2) is 0 Å². The van der Waals surface area contributed by atoms with Crippen LogP contribution in [0, 0.1) is 0 Å². The molecule has 0 aromatic heterocycles. The first kappa shape index (κ1) is 34.4. The van der Waals surface area contributed by atoms with Gasteiger partial charge in [-0.05, 0) is 12.8 Å². The number of hydrogen-bond donors (Lipinski definition) is 2. The number of alkyl halides is 8. The van der Waals surface area contributed by atoms with Gasteiger partial charge in [-0.25, -0.2) is 0 Å². The van der Waals surface area contributed by atoms with Crippen LogP contribution in [0.1, 0.15) is 104 Å². The highest BCUT2D eigenvalue weighted by Gasteiger charge is 2.84. The van der Waals surface area contributed by atoms with Crippen LogP contribution >= 0.6 is 0 Å². The second-order valence-corrected chi connectivity index (χ2v) is 9.05. The maximum absolute atomic E-state index is 14.0. The molecule has 0 aliphatic carbocycles. The fourth-order valence-electron chi connectivity index (χ4n) is 3.47. The molecule has 0 atom stereocenters. The molecule has 12 heteroatoms. The molecule has 0 aliphatic heterocycles. The van der Waals surface area contributed by atoms with Crippen molar-refractivity contribution >= 4 is 11.8 Å². The monoisotopic (exact) mass is 540 g/mol. The number of nitrogens with one attached hydrogen (secondary N) is 2. The van der Waals surface area contributed by atoms with Gasteiger partial charge in [0.2, 0.25) is 0 Å². The van der Waals surface area contributed by atoms with Crippen molar-refractivity contribution in [2.45, 2.75) is 127 Å². The number of hydrogen-bond acceptors (Lipinski definition) is 2. The Hall–Kier alpha value is -1.62. The average Bonchev–Trinajstić information content (AvgIpc) is 2.81. The Balaban J connectivity index is 4.87. The molecule has 0 fully saturated rings. The van der Waals surface area contributed by atoms with Crippen molar-refractivity contribution in [1.82, 2.24) is 10.6 Å². The molecule has 0 unspecified atom stereocenters. The summed E-state index contributed by atoms with van der Waals surface area (Å²) in [6.45, 7) is 2.99. The van der Waals surface area contributed by atoms with Crippen molar-refractivity contribution in [2.24, 2.45) is 0 Å². The Morgan fingerprint density at radius 2 is 0.722 bits per heavy atom. The first-order valence-corrected chi connectivity index (χ1v) is 12.8. The van der Waals surface area contributed by atoms with Crippen LogP contribution in [0.4, 0.5) is 35.1 Å². The van der Waals surface area contributed by atoms with E-state index in [1.165, 1.54) is 10.6 Å². The lowest BCUT2D eigenvalue weighted by atomic mass is 9.97. The van der Waals surface area contributed by atoms with E-state index >= 15 is 0 Å². The molecule has 0 radical (unpaired) electrons. The third kappa shape index (κ3) is 9.68. The number of unbranched alkanes of at least 4 members (excludes halogenated alkanes) is 12. The van der Waals surface area contributed by atoms with Gasteiger partial charge < -0.3 is 10.6 Å². The maximum Gasteiger partial charge on any atom is 0.392 e. The molecule has 2 amide bonds. The van der Waals surface area contributed by atoms with E-state index in [4.69, 9.17) is 0 Å². The molecular formula is C24H40F8N2O2. The zero-order chi connectivity index (χ0) is 27.9. The van der Waals surface area contributed by atoms with Gasteiger partial charge >= 0.3 is 23.7 Å². The van der Waals surface area contributed by atoms with Gasteiger partial charge in [-0.15, -0.1) is 0 Å². The lowest BCUT2D eigenvalue weighted by Crippen LogP contribution is -2.69. The van der Waals surface area contributed by atoms with Crippen molar-refractivity contribution in [3.05, 3.63) is 0 Å². The van der Waals surface area contributed by atoms with Crippen molar-refractivity contribution in [3.8, 4) is 0 Å². The molecular weight excluding hydrogens is 500 g/mol. The SMILES string of the molecule is CCCCCCCCCNC(=O)C(F)(F)C(F)(F)C(F)(F)C(F)(F)C(=O)NCCCCCCCCC. The summed E-state index contributed by atoms with van der Waals surface area (Å²) in [4.78, 5) is 23.1. The smallest absolute Gasteiger partial charge is 0.351 e. The molecule has 214 valence electrons. The van der Waals surface area contributed by atoms with Crippen molar-refractivity contribution in [1.29, 1.82) is 0 Å². The molecule has 0 bridgehead atoms. The van der Waals surface area contributed by atoms with Crippen LogP contribution in [0.2, 0.25) is 0 Å². The number of carbonyl (C=O) groups is 2. The van der Waals surface area contributed by atoms with Crippen molar-refractivity contribution in [2.75, 3.05) is 13.1 Å². The van der Waals surface area contributed by atoms with E-state index < -0.39 is 48.6 Å². The summed E-state index contributed by atoms with van der Waals surface area (Å²) >= 11 is 0. The lowest BCUT2D eigenvalue weighted by molar-refractivity contribution is -0.347. The van der Waals surface area contributed by atoms with Crippen LogP contribution in [-0.2, 0) is 9.59 Å². The van der Waals surface area contributed by atoms with Gasteiger partial charge in [-0.1, -0.05) is 90.9 Å². The molecule has 0 saturated carbocycles. The maximum atomic E-state index is 14.0. The summed E-state index contributed by atoms with van der Waals surface area (Å²) in [6.07, 6.45) is 10.2. The fraction of sp³-hybridized carbons (Fsp3) is 0.917. The van der Waals surface area contributed by atoms with Crippen LogP contribution in [0.5, 0.6) is 0 Å². The van der Waals surface area contributed by atoms with E-state index in [2.05, 4.69) is 0 Å². The number of rotatable bonds is 21. The molecule has 0 aromatic carbocycles. The van der Waals surface area contributed by atoms with E-state index in [0.717, 1.165) is 51.4 Å².